The fourth-order valence-electron chi connectivity index (χ4n) is 1.72. The molecule has 1 fully saturated rings. The van der Waals surface area contributed by atoms with Crippen LogP contribution in [0.5, 0.6) is 0 Å². The zero-order chi connectivity index (χ0) is 10.9. The van der Waals surface area contributed by atoms with E-state index < -0.39 is 0 Å². The summed E-state index contributed by atoms with van der Waals surface area (Å²) in [7, 11) is 0. The number of ether oxygens (including phenoxy) is 1. The Labute approximate surface area is 90.7 Å². The van der Waals surface area contributed by atoms with Gasteiger partial charge >= 0.3 is 0 Å². The number of oxime groups is 1. The van der Waals surface area contributed by atoms with E-state index in [2.05, 4.69) is 10.5 Å². The third-order valence-corrected chi connectivity index (χ3v) is 2.60. The normalized spacial score (nSPS) is 22.9. The molecule has 1 aliphatic rings. The molecule has 0 aliphatic carbocycles. The first-order valence-corrected chi connectivity index (χ1v) is 5.58. The molecule has 88 valence electrons. The Balaban J connectivity index is 1.92. The fraction of sp³-hybridized carbons (Fsp3) is 0.900. The summed E-state index contributed by atoms with van der Waals surface area (Å²) in [6.45, 7) is 3.72. The molecule has 0 aromatic heterocycles. The van der Waals surface area contributed by atoms with E-state index in [0.717, 1.165) is 32.7 Å². The molecule has 0 radical (unpaired) electrons. The number of nitrogens with one attached hydrogen (secondary N) is 1. The van der Waals surface area contributed by atoms with Crippen LogP contribution < -0.4 is 11.1 Å². The van der Waals surface area contributed by atoms with Crippen molar-refractivity contribution in [3.8, 4) is 0 Å². The third kappa shape index (κ3) is 5.59. The van der Waals surface area contributed by atoms with Gasteiger partial charge < -0.3 is 21.0 Å². The van der Waals surface area contributed by atoms with E-state index >= 15 is 0 Å². The van der Waals surface area contributed by atoms with Crippen LogP contribution in [0.1, 0.15) is 25.7 Å². The molecule has 0 spiro atoms. The highest BCUT2D eigenvalue weighted by atomic mass is 16.5. The highest BCUT2D eigenvalue weighted by Crippen LogP contribution is 2.11. The van der Waals surface area contributed by atoms with E-state index in [1.54, 1.807) is 0 Å². The Morgan fingerprint density at radius 3 is 3.13 bits per heavy atom. The third-order valence-electron chi connectivity index (χ3n) is 2.60. The van der Waals surface area contributed by atoms with Gasteiger partial charge in [0, 0.05) is 19.6 Å². The smallest absolute Gasteiger partial charge is 0.139 e. The predicted molar refractivity (Wildman–Crippen MR) is 59.1 cm³/mol. The number of hydrogen-bond donors (Lipinski definition) is 3. The molecule has 15 heavy (non-hydrogen) atoms. The van der Waals surface area contributed by atoms with Crippen LogP contribution in [0.2, 0.25) is 0 Å². The second-order valence-corrected chi connectivity index (χ2v) is 3.98. The van der Waals surface area contributed by atoms with Crippen LogP contribution in [0.25, 0.3) is 0 Å². The molecule has 0 amide bonds. The average Bonchev–Trinajstić information content (AvgIpc) is 2.29. The molecule has 0 aromatic carbocycles. The van der Waals surface area contributed by atoms with E-state index in [4.69, 9.17) is 15.7 Å². The SMILES string of the molecule is NC(CCCNCC1CCCOC1)=NO. The number of hydrogen-bond acceptors (Lipinski definition) is 4. The van der Waals surface area contributed by atoms with Crippen LogP contribution >= 0.6 is 0 Å². The predicted octanol–water partition coefficient (Wildman–Crippen LogP) is 0.529. The molecule has 5 heteroatoms. The van der Waals surface area contributed by atoms with Crippen LogP contribution in [0.3, 0.4) is 0 Å². The highest BCUT2D eigenvalue weighted by Gasteiger charge is 2.12. The lowest BCUT2D eigenvalue weighted by Crippen LogP contribution is -2.30. The lowest BCUT2D eigenvalue weighted by Gasteiger charge is -2.22. The van der Waals surface area contributed by atoms with Gasteiger partial charge in [-0.2, -0.15) is 0 Å². The molecule has 1 atom stereocenters. The Morgan fingerprint density at radius 1 is 1.60 bits per heavy atom. The summed E-state index contributed by atoms with van der Waals surface area (Å²) in [5.41, 5.74) is 5.35. The molecule has 0 saturated carbocycles. The minimum atomic E-state index is 0.304. The van der Waals surface area contributed by atoms with Crippen molar-refractivity contribution in [1.29, 1.82) is 0 Å². The lowest BCUT2D eigenvalue weighted by molar-refractivity contribution is 0.0549. The van der Waals surface area contributed by atoms with E-state index in [-0.39, 0.29) is 0 Å². The van der Waals surface area contributed by atoms with Gasteiger partial charge in [0.2, 0.25) is 0 Å². The van der Waals surface area contributed by atoms with Crippen molar-refractivity contribution in [2.45, 2.75) is 25.7 Å². The van der Waals surface area contributed by atoms with Gasteiger partial charge in [-0.3, -0.25) is 0 Å². The first kappa shape index (κ1) is 12.3. The van der Waals surface area contributed by atoms with Gasteiger partial charge in [0.15, 0.2) is 0 Å². The van der Waals surface area contributed by atoms with Crippen molar-refractivity contribution in [1.82, 2.24) is 5.32 Å². The van der Waals surface area contributed by atoms with Gasteiger partial charge in [0.05, 0.1) is 6.61 Å². The fourth-order valence-corrected chi connectivity index (χ4v) is 1.72. The maximum Gasteiger partial charge on any atom is 0.139 e. The van der Waals surface area contributed by atoms with Gasteiger partial charge in [-0.05, 0) is 31.7 Å². The van der Waals surface area contributed by atoms with E-state index in [0.29, 0.717) is 18.2 Å². The summed E-state index contributed by atoms with van der Waals surface area (Å²) >= 11 is 0. The number of nitrogens with zero attached hydrogens (tertiary/aromatic N) is 1. The highest BCUT2D eigenvalue weighted by molar-refractivity contribution is 5.79. The van der Waals surface area contributed by atoms with Crippen LogP contribution in [0.4, 0.5) is 0 Å². The van der Waals surface area contributed by atoms with Crippen molar-refractivity contribution in [3.63, 3.8) is 0 Å². The quantitative estimate of drug-likeness (QED) is 0.198. The number of nitrogens with two attached hydrogens (primary N) is 1. The van der Waals surface area contributed by atoms with Crippen molar-refractivity contribution in [3.05, 3.63) is 0 Å². The van der Waals surface area contributed by atoms with E-state index in [1.165, 1.54) is 12.8 Å². The molecule has 0 bridgehead atoms. The van der Waals surface area contributed by atoms with Crippen molar-refractivity contribution in [2.75, 3.05) is 26.3 Å². The molecular weight excluding hydrogens is 194 g/mol. The minimum absolute atomic E-state index is 0.304. The van der Waals surface area contributed by atoms with Crippen molar-refractivity contribution in [2.24, 2.45) is 16.8 Å². The molecule has 1 unspecified atom stereocenters. The van der Waals surface area contributed by atoms with Gasteiger partial charge in [0.25, 0.3) is 0 Å². The Morgan fingerprint density at radius 2 is 2.47 bits per heavy atom. The number of rotatable bonds is 6. The van der Waals surface area contributed by atoms with E-state index in [1.807, 2.05) is 0 Å². The molecule has 5 nitrogen and oxygen atoms in total. The zero-order valence-electron chi connectivity index (χ0n) is 9.11. The second kappa shape index (κ2) is 7.48. The Bertz CT molecular complexity index is 191. The summed E-state index contributed by atoms with van der Waals surface area (Å²) < 4.78 is 5.38. The van der Waals surface area contributed by atoms with Crippen molar-refractivity contribution >= 4 is 5.84 Å². The van der Waals surface area contributed by atoms with E-state index in [9.17, 15) is 0 Å². The monoisotopic (exact) mass is 215 g/mol. The molecular formula is C10H21N3O2. The Kier molecular flexibility index (Phi) is 6.11. The molecule has 0 aromatic rings. The molecule has 1 rings (SSSR count). The van der Waals surface area contributed by atoms with Crippen LogP contribution in [-0.2, 0) is 4.74 Å². The van der Waals surface area contributed by atoms with Gasteiger partial charge in [-0.1, -0.05) is 5.16 Å². The summed E-state index contributed by atoms with van der Waals surface area (Å²) in [6, 6.07) is 0. The lowest BCUT2D eigenvalue weighted by atomic mass is 10.0. The van der Waals surface area contributed by atoms with Crippen molar-refractivity contribution < 1.29 is 9.94 Å². The maximum atomic E-state index is 8.32. The molecule has 1 saturated heterocycles. The second-order valence-electron chi connectivity index (χ2n) is 3.98. The standard InChI is InChI=1S/C10H21N3O2/c11-10(13-14)4-1-5-12-7-9-3-2-6-15-8-9/h9,12,14H,1-8H2,(H2,11,13). The van der Waals surface area contributed by atoms with Crippen LogP contribution in [-0.4, -0.2) is 37.3 Å². The summed E-state index contributed by atoms with van der Waals surface area (Å²) in [5.74, 6) is 0.959. The summed E-state index contributed by atoms with van der Waals surface area (Å²) in [6.07, 6.45) is 3.98. The molecule has 4 N–H and O–H groups in total. The molecule has 1 heterocycles. The van der Waals surface area contributed by atoms with Gasteiger partial charge in [-0.25, -0.2) is 0 Å². The van der Waals surface area contributed by atoms with Crippen LogP contribution in [0.15, 0.2) is 5.16 Å². The topological polar surface area (TPSA) is 79.9 Å². The largest absolute Gasteiger partial charge is 0.409 e. The first-order valence-electron chi connectivity index (χ1n) is 5.58. The zero-order valence-corrected chi connectivity index (χ0v) is 9.11. The van der Waals surface area contributed by atoms with Gasteiger partial charge in [-0.15, -0.1) is 0 Å². The maximum absolute atomic E-state index is 8.32. The van der Waals surface area contributed by atoms with Gasteiger partial charge in [0.1, 0.15) is 5.84 Å². The first-order chi connectivity index (χ1) is 7.33. The molecule has 1 aliphatic heterocycles. The average molecular weight is 215 g/mol. The number of amidine groups is 1. The Hall–Kier alpha value is -0.810. The van der Waals surface area contributed by atoms with Crippen LogP contribution in [0, 0.1) is 5.92 Å². The summed E-state index contributed by atoms with van der Waals surface area (Å²) in [5, 5.41) is 14.6. The summed E-state index contributed by atoms with van der Waals surface area (Å²) in [4.78, 5) is 0. The minimum Gasteiger partial charge on any atom is -0.409 e.